The molecule has 0 saturated carbocycles. The molecule has 0 saturated heterocycles. The smallest absolute Gasteiger partial charge is 0.307 e. The van der Waals surface area contributed by atoms with Crippen LogP contribution in [0.25, 0.3) is 0 Å². The van der Waals surface area contributed by atoms with Crippen molar-refractivity contribution in [2.45, 2.75) is 0 Å². The third-order valence-corrected chi connectivity index (χ3v) is 2.40. The molecule has 0 radical (unpaired) electrons. The lowest BCUT2D eigenvalue weighted by molar-refractivity contribution is -0.804. The first kappa shape index (κ1) is 9.36. The molecule has 6 nitrogen and oxygen atoms in total. The van der Waals surface area contributed by atoms with Crippen molar-refractivity contribution in [3.8, 4) is 6.07 Å². The molecule has 0 spiro atoms. The van der Waals surface area contributed by atoms with E-state index in [2.05, 4.69) is 9.79 Å². The van der Waals surface area contributed by atoms with Crippen LogP contribution in [0.5, 0.6) is 0 Å². The Balaban J connectivity index is 2.48. The van der Waals surface area contributed by atoms with Crippen LogP contribution in [-0.4, -0.2) is 10.9 Å². The predicted octanol–water partition coefficient (Wildman–Crippen LogP) is 0.472. The number of carbonyl (C=O) groups is 1. The quantitative estimate of drug-likeness (QED) is 0.542. The van der Waals surface area contributed by atoms with Gasteiger partial charge >= 0.3 is 11.4 Å². The molecule has 0 aliphatic carbocycles. The Bertz CT molecular complexity index is 538. The van der Waals surface area contributed by atoms with Gasteiger partial charge in [0, 0.05) is 10.9 Å². The number of hydrogen-bond acceptors (Lipinski definition) is 6. The first-order valence-electron chi connectivity index (χ1n) is 3.80. The van der Waals surface area contributed by atoms with E-state index in [0.29, 0.717) is 5.56 Å². The molecular formula is C8H3N3O3S. The first-order chi connectivity index (χ1) is 7.24. The molecule has 2 heterocycles. The summed E-state index contributed by atoms with van der Waals surface area (Å²) in [6, 6.07) is 3.14. The Labute approximate surface area is 87.5 Å². The van der Waals surface area contributed by atoms with Crippen molar-refractivity contribution < 1.29 is 14.3 Å². The summed E-state index contributed by atoms with van der Waals surface area (Å²) in [5.74, 6) is -0.494. The Morgan fingerprint density at radius 1 is 1.73 bits per heavy atom. The number of nitrogens with zero attached hydrogens (tertiary/aromatic N) is 3. The van der Waals surface area contributed by atoms with Gasteiger partial charge in [0.2, 0.25) is 5.78 Å². The van der Waals surface area contributed by atoms with Crippen molar-refractivity contribution in [2.75, 3.05) is 0 Å². The van der Waals surface area contributed by atoms with Gasteiger partial charge in [0.25, 0.3) is 0 Å². The number of ketones is 1. The molecule has 7 heteroatoms. The zero-order chi connectivity index (χ0) is 10.8. The molecule has 0 bridgehead atoms. The van der Waals surface area contributed by atoms with Gasteiger partial charge in [-0.2, -0.15) is 16.6 Å². The molecule has 0 fully saturated rings. The van der Waals surface area contributed by atoms with Crippen molar-refractivity contribution in [2.24, 2.45) is 0 Å². The van der Waals surface area contributed by atoms with Gasteiger partial charge in [-0.1, -0.05) is 0 Å². The molecule has 0 aromatic carbocycles. The Hall–Kier alpha value is -2.20. The average molecular weight is 221 g/mol. The maximum absolute atomic E-state index is 11.7. The minimum atomic E-state index is -0.494. The highest BCUT2D eigenvalue weighted by Gasteiger charge is 2.27. The fourth-order valence-electron chi connectivity index (χ4n) is 1.02. The number of rotatable bonds is 2. The van der Waals surface area contributed by atoms with Crippen LogP contribution in [0.2, 0.25) is 0 Å². The van der Waals surface area contributed by atoms with Crippen LogP contribution < -0.4 is 4.90 Å². The first-order valence-corrected chi connectivity index (χ1v) is 4.75. The summed E-state index contributed by atoms with van der Waals surface area (Å²) < 4.78 is 4.18. The van der Waals surface area contributed by atoms with E-state index in [-0.39, 0.29) is 10.6 Å². The van der Waals surface area contributed by atoms with Crippen LogP contribution in [0, 0.1) is 16.5 Å². The SMILES string of the molecule is N#Cc1c(C(=O)c2ccsc2)no[n+]1[O-]. The van der Waals surface area contributed by atoms with Crippen molar-refractivity contribution in [1.82, 2.24) is 5.16 Å². The third-order valence-electron chi connectivity index (χ3n) is 1.72. The van der Waals surface area contributed by atoms with E-state index in [9.17, 15) is 10.0 Å². The monoisotopic (exact) mass is 221 g/mol. The molecule has 0 aliphatic rings. The lowest BCUT2D eigenvalue weighted by Gasteiger charge is -1.86. The lowest BCUT2D eigenvalue weighted by atomic mass is 10.1. The summed E-state index contributed by atoms with van der Waals surface area (Å²) in [7, 11) is 0. The van der Waals surface area contributed by atoms with E-state index in [1.165, 1.54) is 11.3 Å². The summed E-state index contributed by atoms with van der Waals surface area (Å²) in [5, 5.41) is 26.0. The summed E-state index contributed by atoms with van der Waals surface area (Å²) in [6.07, 6.45) is 0. The molecular weight excluding hydrogens is 218 g/mol. The number of aromatic nitrogens is 2. The summed E-state index contributed by atoms with van der Waals surface area (Å²) in [6.45, 7) is 0. The van der Waals surface area contributed by atoms with E-state index >= 15 is 0 Å². The van der Waals surface area contributed by atoms with Gasteiger partial charge in [0.05, 0.1) is 5.16 Å². The second-order valence-electron chi connectivity index (χ2n) is 2.58. The van der Waals surface area contributed by atoms with Gasteiger partial charge in [-0.05, 0) is 16.3 Å². The number of carbonyl (C=O) groups excluding carboxylic acids is 1. The van der Waals surface area contributed by atoms with Crippen molar-refractivity contribution in [3.05, 3.63) is 39.0 Å². The predicted molar refractivity (Wildman–Crippen MR) is 47.9 cm³/mol. The zero-order valence-corrected chi connectivity index (χ0v) is 8.02. The summed E-state index contributed by atoms with van der Waals surface area (Å²) in [4.78, 5) is 11.6. The van der Waals surface area contributed by atoms with E-state index < -0.39 is 11.5 Å². The van der Waals surface area contributed by atoms with Crippen molar-refractivity contribution in [3.63, 3.8) is 0 Å². The van der Waals surface area contributed by atoms with E-state index in [1.54, 1.807) is 22.9 Å². The Morgan fingerprint density at radius 3 is 3.13 bits per heavy atom. The fourth-order valence-corrected chi connectivity index (χ4v) is 1.66. The normalized spacial score (nSPS) is 9.80. The van der Waals surface area contributed by atoms with Crippen LogP contribution in [0.1, 0.15) is 21.7 Å². The maximum atomic E-state index is 11.7. The van der Waals surface area contributed by atoms with Crippen LogP contribution in [-0.2, 0) is 0 Å². The Morgan fingerprint density at radius 2 is 2.53 bits per heavy atom. The van der Waals surface area contributed by atoms with Crippen LogP contribution in [0.3, 0.4) is 0 Å². The molecule has 2 aromatic rings. The highest BCUT2D eigenvalue weighted by molar-refractivity contribution is 7.08. The zero-order valence-electron chi connectivity index (χ0n) is 7.21. The van der Waals surface area contributed by atoms with E-state index in [0.717, 1.165) is 0 Å². The largest absolute Gasteiger partial charge is 0.358 e. The standard InChI is InChI=1S/C8H3N3O3S/c9-3-6-7(10-14-11(6)13)8(12)5-1-2-15-4-5/h1-2,4H. The Kier molecular flexibility index (Phi) is 2.19. The van der Waals surface area contributed by atoms with Gasteiger partial charge in [0.1, 0.15) is 0 Å². The van der Waals surface area contributed by atoms with Gasteiger partial charge in [-0.15, -0.1) is 0 Å². The number of nitriles is 1. The van der Waals surface area contributed by atoms with Gasteiger partial charge in [-0.3, -0.25) is 9.42 Å². The minimum Gasteiger partial charge on any atom is -0.358 e. The maximum Gasteiger partial charge on any atom is 0.307 e. The van der Waals surface area contributed by atoms with Crippen molar-refractivity contribution >= 4 is 17.1 Å². The second kappa shape index (κ2) is 3.51. The number of thiophene rings is 1. The van der Waals surface area contributed by atoms with Gasteiger partial charge < -0.3 is 5.21 Å². The molecule has 15 heavy (non-hydrogen) atoms. The topological polar surface area (TPSA) is 93.8 Å². The van der Waals surface area contributed by atoms with Gasteiger partial charge in [0.15, 0.2) is 6.07 Å². The van der Waals surface area contributed by atoms with E-state index in [4.69, 9.17) is 5.26 Å². The molecule has 74 valence electrons. The van der Waals surface area contributed by atoms with Crippen molar-refractivity contribution in [1.29, 1.82) is 5.26 Å². The van der Waals surface area contributed by atoms with Crippen LogP contribution >= 0.6 is 11.3 Å². The minimum absolute atomic E-state index is 0.0837. The highest BCUT2D eigenvalue weighted by atomic mass is 32.1. The summed E-state index contributed by atoms with van der Waals surface area (Å²) in [5.41, 5.74) is -0.303. The molecule has 2 rings (SSSR count). The molecule has 2 aromatic heterocycles. The fraction of sp³-hybridized carbons (Fsp3) is 0. The van der Waals surface area contributed by atoms with Gasteiger partial charge in [-0.25, -0.2) is 0 Å². The third kappa shape index (κ3) is 1.47. The highest BCUT2D eigenvalue weighted by Crippen LogP contribution is 2.12. The number of hydrogen-bond donors (Lipinski definition) is 0. The molecule has 0 atom stereocenters. The molecule has 0 amide bonds. The van der Waals surface area contributed by atoms with Crippen LogP contribution in [0.4, 0.5) is 0 Å². The average Bonchev–Trinajstić information content (AvgIpc) is 2.85. The second-order valence-corrected chi connectivity index (χ2v) is 3.36. The molecule has 0 N–H and O–H groups in total. The van der Waals surface area contributed by atoms with Crippen LogP contribution in [0.15, 0.2) is 21.5 Å². The molecule has 0 unspecified atom stereocenters. The summed E-state index contributed by atoms with van der Waals surface area (Å²) >= 11 is 1.34. The van der Waals surface area contributed by atoms with E-state index in [1.807, 2.05) is 0 Å². The molecule has 0 aliphatic heterocycles. The lowest BCUT2D eigenvalue weighted by Crippen LogP contribution is -2.27.